The third-order valence-electron chi connectivity index (χ3n) is 6.30. The highest BCUT2D eigenvalue weighted by Gasteiger charge is 2.29. The number of hydrogen-bond acceptors (Lipinski definition) is 4. The molecule has 5 rings (SSSR count). The Balaban J connectivity index is 1.52. The summed E-state index contributed by atoms with van der Waals surface area (Å²) in [5, 5.41) is 2.98. The minimum Gasteiger partial charge on any atom is -0.399 e. The van der Waals surface area contributed by atoms with Crippen LogP contribution < -0.4 is 16.8 Å². The Morgan fingerprint density at radius 2 is 1.56 bits per heavy atom. The van der Waals surface area contributed by atoms with E-state index in [1.807, 2.05) is 54.6 Å². The lowest BCUT2D eigenvalue weighted by Gasteiger charge is -2.19. The van der Waals surface area contributed by atoms with Crippen LogP contribution in [0, 0.1) is 0 Å². The van der Waals surface area contributed by atoms with Gasteiger partial charge in [-0.25, -0.2) is 0 Å². The summed E-state index contributed by atoms with van der Waals surface area (Å²) in [6.45, 7) is 1.57. The highest BCUT2D eigenvalue weighted by atomic mass is 79.9. The van der Waals surface area contributed by atoms with E-state index in [9.17, 15) is 4.79 Å². The molecule has 1 amide bonds. The second-order valence-corrected chi connectivity index (χ2v) is 10.0. The minimum atomic E-state index is -0.160. The molecule has 0 spiro atoms. The molecule has 4 aromatic rings. The fourth-order valence-corrected chi connectivity index (χ4v) is 4.94. The quantitative estimate of drug-likeness (QED) is 0.203. The van der Waals surface area contributed by atoms with Crippen LogP contribution in [0.2, 0.25) is 0 Å². The van der Waals surface area contributed by atoms with Crippen LogP contribution in [0.15, 0.2) is 95.5 Å². The van der Waals surface area contributed by atoms with E-state index >= 15 is 0 Å². The molecule has 0 atom stereocenters. The predicted molar refractivity (Wildman–Crippen MR) is 152 cm³/mol. The van der Waals surface area contributed by atoms with Crippen LogP contribution in [-0.4, -0.2) is 17.9 Å². The smallest absolute Gasteiger partial charge is 0.257 e. The van der Waals surface area contributed by atoms with Crippen LogP contribution in [0.3, 0.4) is 0 Å². The zero-order chi connectivity index (χ0) is 25.2. The Morgan fingerprint density at radius 3 is 2.28 bits per heavy atom. The van der Waals surface area contributed by atoms with Crippen LogP contribution in [0.25, 0.3) is 11.1 Å². The lowest BCUT2D eigenvalue weighted by molar-refractivity contribution is -0.110. The van der Waals surface area contributed by atoms with Crippen molar-refractivity contribution in [3.8, 4) is 0 Å². The average Bonchev–Trinajstić information content (AvgIpc) is 3.17. The van der Waals surface area contributed by atoms with E-state index in [4.69, 9.17) is 11.5 Å². The molecule has 0 aliphatic carbocycles. The minimum absolute atomic E-state index is 0.160. The summed E-state index contributed by atoms with van der Waals surface area (Å²) in [7, 11) is 2.09. The summed E-state index contributed by atoms with van der Waals surface area (Å²) in [4.78, 5) is 15.4. The summed E-state index contributed by atoms with van der Waals surface area (Å²) in [6.07, 6.45) is 0. The second-order valence-electron chi connectivity index (χ2n) is 9.10. The van der Waals surface area contributed by atoms with Gasteiger partial charge < -0.3 is 16.8 Å². The van der Waals surface area contributed by atoms with Crippen LogP contribution >= 0.6 is 15.9 Å². The Labute approximate surface area is 219 Å². The number of fused-ring (bicyclic) bond motifs is 1. The monoisotopic (exact) mass is 538 g/mol. The number of nitrogens with one attached hydrogen (secondary N) is 1. The van der Waals surface area contributed by atoms with Gasteiger partial charge in [-0.3, -0.25) is 9.69 Å². The number of anilines is 3. The Kier molecular flexibility index (Phi) is 6.63. The fraction of sp³-hybridized carbons (Fsp3) is 0.100. The standard InChI is InChI=1S/C30H27BrN4O/c1-35(17-19-7-10-22(31)11-8-19)18-20-9-13-24(26(33)15-20)28(21-5-3-2-4-6-21)29-25-16-23(32)12-14-27(25)34-30(29)36/h2-16H,17-18,32-33H2,1H3,(H,34,36)/b29-28-. The molecular formula is C30H27BrN4O. The number of carbonyl (C=O) groups excluding carboxylic acids is 1. The molecule has 180 valence electrons. The van der Waals surface area contributed by atoms with Gasteiger partial charge in [-0.05, 0) is 60.1 Å². The highest BCUT2D eigenvalue weighted by Crippen LogP contribution is 2.42. The zero-order valence-electron chi connectivity index (χ0n) is 20.0. The lowest BCUT2D eigenvalue weighted by atomic mass is 9.88. The maximum absolute atomic E-state index is 13.2. The molecule has 0 fully saturated rings. The first kappa shape index (κ1) is 23.9. The fourth-order valence-electron chi connectivity index (χ4n) is 4.68. The number of halogens is 1. The lowest BCUT2D eigenvalue weighted by Crippen LogP contribution is -2.17. The van der Waals surface area contributed by atoms with E-state index in [1.165, 1.54) is 5.56 Å². The van der Waals surface area contributed by atoms with Crippen molar-refractivity contribution in [2.45, 2.75) is 13.1 Å². The molecule has 1 aliphatic heterocycles. The molecule has 0 saturated carbocycles. The van der Waals surface area contributed by atoms with Gasteiger partial charge in [0.15, 0.2) is 0 Å². The normalized spacial score (nSPS) is 14.0. The van der Waals surface area contributed by atoms with Gasteiger partial charge in [0, 0.05) is 51.3 Å². The number of nitrogens with two attached hydrogens (primary N) is 2. The maximum Gasteiger partial charge on any atom is 0.257 e. The molecule has 6 heteroatoms. The van der Waals surface area contributed by atoms with Crippen LogP contribution in [0.1, 0.15) is 27.8 Å². The first-order valence-corrected chi connectivity index (χ1v) is 12.5. The highest BCUT2D eigenvalue weighted by molar-refractivity contribution is 9.10. The first-order valence-electron chi connectivity index (χ1n) is 11.7. The van der Waals surface area contributed by atoms with Crippen molar-refractivity contribution >= 4 is 50.0 Å². The number of nitrogens with zero attached hydrogens (tertiary/aromatic N) is 1. The van der Waals surface area contributed by atoms with Gasteiger partial charge in [0.1, 0.15) is 0 Å². The summed E-state index contributed by atoms with van der Waals surface area (Å²) in [6, 6.07) is 29.8. The largest absolute Gasteiger partial charge is 0.399 e. The Bertz CT molecular complexity index is 1460. The van der Waals surface area contributed by atoms with Gasteiger partial charge >= 0.3 is 0 Å². The van der Waals surface area contributed by atoms with Crippen LogP contribution in [0.5, 0.6) is 0 Å². The number of nitrogen functional groups attached to an aromatic ring is 2. The number of rotatable bonds is 6. The molecule has 1 aliphatic rings. The average molecular weight is 539 g/mol. The van der Waals surface area contributed by atoms with Crippen molar-refractivity contribution in [3.63, 3.8) is 0 Å². The molecule has 0 radical (unpaired) electrons. The summed E-state index contributed by atoms with van der Waals surface area (Å²) < 4.78 is 1.07. The maximum atomic E-state index is 13.2. The van der Waals surface area contributed by atoms with E-state index in [1.54, 1.807) is 6.07 Å². The van der Waals surface area contributed by atoms with Crippen molar-refractivity contribution < 1.29 is 4.79 Å². The molecule has 4 aromatic carbocycles. The van der Waals surface area contributed by atoms with Crippen molar-refractivity contribution in [1.82, 2.24) is 4.90 Å². The van der Waals surface area contributed by atoms with E-state index < -0.39 is 0 Å². The zero-order valence-corrected chi connectivity index (χ0v) is 21.5. The summed E-state index contributed by atoms with van der Waals surface area (Å²) >= 11 is 3.49. The van der Waals surface area contributed by atoms with Gasteiger partial charge in [0.05, 0.1) is 5.57 Å². The number of amides is 1. The van der Waals surface area contributed by atoms with Crippen LogP contribution in [-0.2, 0) is 17.9 Å². The number of carbonyl (C=O) groups is 1. The number of hydrogen-bond donors (Lipinski definition) is 3. The summed E-state index contributed by atoms with van der Waals surface area (Å²) in [5.41, 5.74) is 21.0. The Hall–Kier alpha value is -3.87. The van der Waals surface area contributed by atoms with Crippen molar-refractivity contribution in [3.05, 3.63) is 123 Å². The molecule has 36 heavy (non-hydrogen) atoms. The van der Waals surface area contributed by atoms with E-state index in [2.05, 4.69) is 63.5 Å². The van der Waals surface area contributed by atoms with Crippen LogP contribution in [0.4, 0.5) is 17.1 Å². The molecule has 5 N–H and O–H groups in total. The van der Waals surface area contributed by atoms with Gasteiger partial charge in [-0.1, -0.05) is 70.5 Å². The first-order chi connectivity index (χ1) is 17.4. The molecule has 5 nitrogen and oxygen atoms in total. The molecular weight excluding hydrogens is 512 g/mol. The van der Waals surface area contributed by atoms with Gasteiger partial charge in [-0.2, -0.15) is 0 Å². The van der Waals surface area contributed by atoms with Gasteiger partial charge in [0.25, 0.3) is 5.91 Å². The van der Waals surface area contributed by atoms with Gasteiger partial charge in [0.2, 0.25) is 0 Å². The molecule has 0 unspecified atom stereocenters. The van der Waals surface area contributed by atoms with Crippen molar-refractivity contribution in [2.75, 3.05) is 23.8 Å². The second kappa shape index (κ2) is 10.0. The van der Waals surface area contributed by atoms with Gasteiger partial charge in [-0.15, -0.1) is 0 Å². The van der Waals surface area contributed by atoms with Crippen molar-refractivity contribution in [2.24, 2.45) is 0 Å². The van der Waals surface area contributed by atoms with Crippen molar-refractivity contribution in [1.29, 1.82) is 0 Å². The third kappa shape index (κ3) is 4.91. The molecule has 0 saturated heterocycles. The third-order valence-corrected chi connectivity index (χ3v) is 6.83. The SMILES string of the molecule is CN(Cc1ccc(Br)cc1)Cc1ccc(/C(=C2\C(=O)Nc3ccc(N)cc32)c2ccccc2)c(N)c1. The van der Waals surface area contributed by atoms with E-state index in [0.29, 0.717) is 16.9 Å². The molecule has 0 bridgehead atoms. The summed E-state index contributed by atoms with van der Waals surface area (Å²) in [5.74, 6) is -0.160. The molecule has 1 heterocycles. The topological polar surface area (TPSA) is 84.4 Å². The van der Waals surface area contributed by atoms with E-state index in [0.717, 1.165) is 51.1 Å². The molecule has 0 aromatic heterocycles. The number of benzene rings is 4. The predicted octanol–water partition coefficient (Wildman–Crippen LogP) is 6.16. The van der Waals surface area contributed by atoms with E-state index in [-0.39, 0.29) is 5.91 Å². The Morgan fingerprint density at radius 1 is 0.861 bits per heavy atom.